The molecule has 1 nitrogen and oxygen atoms in total. The van der Waals surface area contributed by atoms with Crippen molar-refractivity contribution in [2.45, 2.75) is 64.8 Å². The lowest BCUT2D eigenvalue weighted by atomic mass is 9.81. The summed E-state index contributed by atoms with van der Waals surface area (Å²) in [4.78, 5) is 0. The molecule has 2 bridgehead atoms. The Morgan fingerprint density at radius 1 is 1.11 bits per heavy atom. The van der Waals surface area contributed by atoms with Gasteiger partial charge in [-0.05, 0) is 62.3 Å². The van der Waals surface area contributed by atoms with E-state index in [-0.39, 0.29) is 0 Å². The number of hydrogen-bond acceptors (Lipinski definition) is 1. The molecule has 0 saturated heterocycles. The van der Waals surface area contributed by atoms with E-state index in [2.05, 4.69) is 31.3 Å². The summed E-state index contributed by atoms with van der Waals surface area (Å²) >= 11 is 0. The standard InChI is InChI=1S/C18H31N/c1-13-3-5-15(6-4-13)9-10-19-14(2)18-12-16-7-8-17(18)11-16/h7-8,13-19H,3-6,9-12H2,1-2H3. The number of hydrogen-bond donors (Lipinski definition) is 1. The van der Waals surface area contributed by atoms with Gasteiger partial charge in [-0.25, -0.2) is 0 Å². The average molecular weight is 261 g/mol. The quantitative estimate of drug-likeness (QED) is 0.724. The number of fused-ring (bicyclic) bond motifs is 2. The molecule has 3 aliphatic carbocycles. The van der Waals surface area contributed by atoms with Crippen LogP contribution in [-0.4, -0.2) is 12.6 Å². The second-order valence-electron chi connectivity index (χ2n) is 7.60. The van der Waals surface area contributed by atoms with Gasteiger partial charge in [0, 0.05) is 6.04 Å². The van der Waals surface area contributed by atoms with E-state index in [1.54, 1.807) is 0 Å². The van der Waals surface area contributed by atoms with E-state index < -0.39 is 0 Å². The van der Waals surface area contributed by atoms with Crippen LogP contribution in [0.4, 0.5) is 0 Å². The molecule has 0 aromatic rings. The van der Waals surface area contributed by atoms with Gasteiger partial charge < -0.3 is 5.32 Å². The normalized spacial score (nSPS) is 42.7. The van der Waals surface area contributed by atoms with Crippen molar-refractivity contribution >= 4 is 0 Å². The maximum absolute atomic E-state index is 3.83. The topological polar surface area (TPSA) is 12.0 Å². The fourth-order valence-electron chi connectivity index (χ4n) is 4.68. The summed E-state index contributed by atoms with van der Waals surface area (Å²) in [5, 5.41) is 3.83. The molecule has 1 N–H and O–H groups in total. The van der Waals surface area contributed by atoms with E-state index in [0.717, 1.165) is 35.6 Å². The fraction of sp³-hybridized carbons (Fsp3) is 0.889. The summed E-state index contributed by atoms with van der Waals surface area (Å²) in [5.74, 6) is 4.73. The van der Waals surface area contributed by atoms with Gasteiger partial charge in [-0.1, -0.05) is 44.8 Å². The minimum absolute atomic E-state index is 0.725. The Hall–Kier alpha value is -0.300. The van der Waals surface area contributed by atoms with Crippen LogP contribution in [0.1, 0.15) is 58.8 Å². The average Bonchev–Trinajstić information content (AvgIpc) is 3.03. The molecule has 0 radical (unpaired) electrons. The fourth-order valence-corrected chi connectivity index (χ4v) is 4.68. The van der Waals surface area contributed by atoms with Crippen LogP contribution in [-0.2, 0) is 0 Å². The molecule has 0 aromatic carbocycles. The lowest BCUT2D eigenvalue weighted by Crippen LogP contribution is -2.36. The first-order valence-electron chi connectivity index (χ1n) is 8.64. The molecule has 4 atom stereocenters. The number of allylic oxidation sites excluding steroid dienone is 2. The van der Waals surface area contributed by atoms with E-state index in [4.69, 9.17) is 0 Å². The minimum atomic E-state index is 0.725. The van der Waals surface area contributed by atoms with Crippen molar-refractivity contribution in [1.82, 2.24) is 5.32 Å². The molecular weight excluding hydrogens is 230 g/mol. The van der Waals surface area contributed by atoms with Gasteiger partial charge >= 0.3 is 0 Å². The Kier molecular flexibility index (Phi) is 4.31. The smallest absolute Gasteiger partial charge is 0.00728 e. The Labute approximate surface area is 119 Å². The molecular formula is C18H31N. The molecule has 0 amide bonds. The van der Waals surface area contributed by atoms with Gasteiger partial charge in [0.25, 0.3) is 0 Å². The zero-order valence-electron chi connectivity index (χ0n) is 12.8. The first-order chi connectivity index (χ1) is 9.22. The monoisotopic (exact) mass is 261 g/mol. The largest absolute Gasteiger partial charge is 0.314 e. The van der Waals surface area contributed by atoms with Crippen LogP contribution in [0, 0.1) is 29.6 Å². The van der Waals surface area contributed by atoms with Crippen LogP contribution in [0.15, 0.2) is 12.2 Å². The van der Waals surface area contributed by atoms with Crippen LogP contribution in [0.5, 0.6) is 0 Å². The Morgan fingerprint density at radius 2 is 1.89 bits per heavy atom. The first-order valence-corrected chi connectivity index (χ1v) is 8.64. The molecule has 3 rings (SSSR count). The molecule has 0 aromatic heterocycles. The van der Waals surface area contributed by atoms with Crippen molar-refractivity contribution < 1.29 is 0 Å². The van der Waals surface area contributed by atoms with Gasteiger partial charge in [0.05, 0.1) is 0 Å². The van der Waals surface area contributed by atoms with Gasteiger partial charge in [-0.2, -0.15) is 0 Å². The molecule has 1 heteroatoms. The predicted molar refractivity (Wildman–Crippen MR) is 82.0 cm³/mol. The maximum Gasteiger partial charge on any atom is 0.00728 e. The van der Waals surface area contributed by atoms with E-state index >= 15 is 0 Å². The highest BCUT2D eigenvalue weighted by Gasteiger charge is 2.38. The van der Waals surface area contributed by atoms with Crippen molar-refractivity contribution in [3.8, 4) is 0 Å². The molecule has 2 saturated carbocycles. The van der Waals surface area contributed by atoms with Gasteiger partial charge in [0.15, 0.2) is 0 Å². The third kappa shape index (κ3) is 3.24. The summed E-state index contributed by atoms with van der Waals surface area (Å²) in [6.07, 6.45) is 15.1. The van der Waals surface area contributed by atoms with Gasteiger partial charge in [0.1, 0.15) is 0 Å². The Morgan fingerprint density at radius 3 is 2.53 bits per heavy atom. The molecule has 108 valence electrons. The highest BCUT2D eigenvalue weighted by Crippen LogP contribution is 2.44. The van der Waals surface area contributed by atoms with E-state index in [9.17, 15) is 0 Å². The number of nitrogens with one attached hydrogen (secondary N) is 1. The number of rotatable bonds is 5. The second kappa shape index (κ2) is 5.99. The first kappa shape index (κ1) is 13.7. The minimum Gasteiger partial charge on any atom is -0.314 e. The van der Waals surface area contributed by atoms with Crippen LogP contribution in [0.3, 0.4) is 0 Å². The Bertz CT molecular complexity index is 314. The third-order valence-corrected chi connectivity index (χ3v) is 6.13. The third-order valence-electron chi connectivity index (χ3n) is 6.13. The lowest BCUT2D eigenvalue weighted by Gasteiger charge is -2.29. The molecule has 4 unspecified atom stereocenters. The van der Waals surface area contributed by atoms with Crippen molar-refractivity contribution in [1.29, 1.82) is 0 Å². The van der Waals surface area contributed by atoms with Crippen LogP contribution in [0.2, 0.25) is 0 Å². The predicted octanol–water partition coefficient (Wildman–Crippen LogP) is 4.39. The van der Waals surface area contributed by atoms with Crippen LogP contribution >= 0.6 is 0 Å². The molecule has 2 fully saturated rings. The van der Waals surface area contributed by atoms with E-state index in [0.29, 0.717) is 0 Å². The molecule has 19 heavy (non-hydrogen) atoms. The lowest BCUT2D eigenvalue weighted by molar-refractivity contribution is 0.262. The van der Waals surface area contributed by atoms with Crippen LogP contribution in [0.25, 0.3) is 0 Å². The second-order valence-corrected chi connectivity index (χ2v) is 7.60. The van der Waals surface area contributed by atoms with Gasteiger partial charge in [-0.15, -0.1) is 0 Å². The van der Waals surface area contributed by atoms with Gasteiger partial charge in [0.2, 0.25) is 0 Å². The zero-order valence-corrected chi connectivity index (χ0v) is 12.8. The SMILES string of the molecule is CC1CCC(CCNC(C)C2CC3C=CC2C3)CC1. The zero-order chi connectivity index (χ0) is 13.2. The maximum atomic E-state index is 3.83. The summed E-state index contributed by atoms with van der Waals surface area (Å²) in [6, 6.07) is 0.725. The van der Waals surface area contributed by atoms with Crippen molar-refractivity contribution in [3.63, 3.8) is 0 Å². The molecule has 0 spiro atoms. The summed E-state index contributed by atoms with van der Waals surface area (Å²) in [6.45, 7) is 6.08. The summed E-state index contributed by atoms with van der Waals surface area (Å²) < 4.78 is 0. The van der Waals surface area contributed by atoms with E-state index in [1.165, 1.54) is 51.5 Å². The molecule has 0 aliphatic heterocycles. The summed E-state index contributed by atoms with van der Waals surface area (Å²) in [5.41, 5.74) is 0. The highest BCUT2D eigenvalue weighted by atomic mass is 14.9. The molecule has 3 aliphatic rings. The highest BCUT2D eigenvalue weighted by molar-refractivity contribution is 5.11. The van der Waals surface area contributed by atoms with Crippen molar-refractivity contribution in [3.05, 3.63) is 12.2 Å². The Balaban J connectivity index is 1.35. The van der Waals surface area contributed by atoms with Crippen molar-refractivity contribution in [2.75, 3.05) is 6.54 Å². The van der Waals surface area contributed by atoms with Crippen LogP contribution < -0.4 is 5.32 Å². The van der Waals surface area contributed by atoms with Crippen molar-refractivity contribution in [2.24, 2.45) is 29.6 Å². The molecule has 0 heterocycles. The summed E-state index contributed by atoms with van der Waals surface area (Å²) in [7, 11) is 0. The van der Waals surface area contributed by atoms with Gasteiger partial charge in [-0.3, -0.25) is 0 Å². The van der Waals surface area contributed by atoms with E-state index in [1.807, 2.05) is 0 Å².